The van der Waals surface area contributed by atoms with Crippen molar-refractivity contribution in [3.05, 3.63) is 65.7 Å². The second kappa shape index (κ2) is 5.03. The van der Waals surface area contributed by atoms with Crippen molar-refractivity contribution in [2.24, 2.45) is 0 Å². The lowest BCUT2D eigenvalue weighted by Crippen LogP contribution is -2.41. The first kappa shape index (κ1) is 12.8. The molecule has 0 saturated carbocycles. The van der Waals surface area contributed by atoms with Gasteiger partial charge in [-0.25, -0.2) is 0 Å². The lowest BCUT2D eigenvalue weighted by Gasteiger charge is -2.36. The summed E-state index contributed by atoms with van der Waals surface area (Å²) in [5.74, 6) is 6.62. The van der Waals surface area contributed by atoms with E-state index in [4.69, 9.17) is 0 Å². The van der Waals surface area contributed by atoms with Gasteiger partial charge in [-0.3, -0.25) is 0 Å². The fourth-order valence-electron chi connectivity index (χ4n) is 2.83. The maximum absolute atomic E-state index is 10.6. The smallest absolute Gasteiger partial charge is 0.115 e. The molecule has 0 aromatic heterocycles. The molecule has 20 heavy (non-hydrogen) atoms. The molecule has 1 aliphatic rings. The van der Waals surface area contributed by atoms with Crippen molar-refractivity contribution in [2.75, 3.05) is 0 Å². The summed E-state index contributed by atoms with van der Waals surface area (Å²) >= 11 is 0. The summed E-state index contributed by atoms with van der Waals surface area (Å²) < 4.78 is 0. The van der Waals surface area contributed by atoms with Gasteiger partial charge in [0.25, 0.3) is 0 Å². The highest BCUT2D eigenvalue weighted by atomic mass is 16.3. The van der Waals surface area contributed by atoms with Crippen molar-refractivity contribution in [1.82, 2.24) is 0 Å². The minimum absolute atomic E-state index is 0.218. The van der Waals surface area contributed by atoms with Gasteiger partial charge in [0.2, 0.25) is 0 Å². The van der Waals surface area contributed by atoms with Crippen LogP contribution in [0.5, 0.6) is 5.75 Å². The maximum Gasteiger partial charge on any atom is 0.115 e. The molecule has 0 aliphatic heterocycles. The molecule has 2 atom stereocenters. The highest BCUT2D eigenvalue weighted by Gasteiger charge is 2.41. The summed E-state index contributed by atoms with van der Waals surface area (Å²) in [6.07, 6.45) is 0.826. The number of aliphatic hydroxyl groups is 1. The minimum Gasteiger partial charge on any atom is -0.508 e. The van der Waals surface area contributed by atoms with Crippen LogP contribution >= 0.6 is 0 Å². The standard InChI is InChI=1S/C18H16O2/c19-16-11-9-15(10-12-16)18(13-5-4-8-17(18)20)14-6-2-1-3-7-14/h1-3,6-7,9-12,17,19-20H,4,8H2. The number of phenols is 1. The van der Waals surface area contributed by atoms with Crippen LogP contribution in [-0.2, 0) is 5.41 Å². The molecule has 0 heterocycles. The van der Waals surface area contributed by atoms with Crippen LogP contribution in [0.2, 0.25) is 0 Å². The fraction of sp³-hybridized carbons (Fsp3) is 0.222. The third kappa shape index (κ3) is 1.97. The molecule has 0 amide bonds. The monoisotopic (exact) mass is 264 g/mol. The first-order valence-corrected chi connectivity index (χ1v) is 6.76. The predicted molar refractivity (Wildman–Crippen MR) is 78.3 cm³/mol. The van der Waals surface area contributed by atoms with E-state index in [0.29, 0.717) is 12.8 Å². The number of aromatic hydroxyl groups is 1. The molecule has 2 N–H and O–H groups in total. The second-order valence-electron chi connectivity index (χ2n) is 5.08. The molecule has 2 aromatic carbocycles. The molecule has 2 unspecified atom stereocenters. The zero-order valence-corrected chi connectivity index (χ0v) is 11.1. The highest BCUT2D eigenvalue weighted by Crippen LogP contribution is 2.39. The van der Waals surface area contributed by atoms with Gasteiger partial charge >= 0.3 is 0 Å². The molecule has 1 aliphatic carbocycles. The van der Waals surface area contributed by atoms with E-state index in [9.17, 15) is 10.2 Å². The van der Waals surface area contributed by atoms with E-state index in [0.717, 1.165) is 11.1 Å². The topological polar surface area (TPSA) is 40.5 Å². The Bertz CT molecular complexity index is 649. The Kier molecular flexibility index (Phi) is 3.22. The first-order valence-electron chi connectivity index (χ1n) is 6.76. The molecular weight excluding hydrogens is 248 g/mol. The van der Waals surface area contributed by atoms with Gasteiger partial charge in [0, 0.05) is 6.42 Å². The zero-order chi connectivity index (χ0) is 14.0. The highest BCUT2D eigenvalue weighted by molar-refractivity contribution is 5.51. The third-order valence-corrected chi connectivity index (χ3v) is 3.88. The summed E-state index contributed by atoms with van der Waals surface area (Å²) in [6.45, 7) is 0. The van der Waals surface area contributed by atoms with Crippen molar-refractivity contribution in [1.29, 1.82) is 0 Å². The van der Waals surface area contributed by atoms with E-state index in [1.807, 2.05) is 42.5 Å². The van der Waals surface area contributed by atoms with Crippen LogP contribution in [0.1, 0.15) is 24.0 Å². The maximum atomic E-state index is 10.6. The van der Waals surface area contributed by atoms with E-state index in [-0.39, 0.29) is 5.75 Å². The van der Waals surface area contributed by atoms with Crippen molar-refractivity contribution in [3.8, 4) is 17.6 Å². The van der Waals surface area contributed by atoms with E-state index in [2.05, 4.69) is 11.8 Å². The number of hydrogen-bond donors (Lipinski definition) is 2. The molecular formula is C18H16O2. The predicted octanol–water partition coefficient (Wildman–Crippen LogP) is 2.84. The summed E-state index contributed by atoms with van der Waals surface area (Å²) in [4.78, 5) is 0. The molecule has 0 saturated heterocycles. The second-order valence-corrected chi connectivity index (χ2v) is 5.08. The van der Waals surface area contributed by atoms with Gasteiger partial charge in [-0.2, -0.15) is 0 Å². The number of rotatable bonds is 2. The molecule has 2 nitrogen and oxygen atoms in total. The summed E-state index contributed by atoms with van der Waals surface area (Å²) in [7, 11) is 0. The Morgan fingerprint density at radius 3 is 2.25 bits per heavy atom. The van der Waals surface area contributed by atoms with E-state index >= 15 is 0 Å². The third-order valence-electron chi connectivity index (χ3n) is 3.88. The van der Waals surface area contributed by atoms with Gasteiger partial charge in [0.05, 0.1) is 6.10 Å². The Labute approximate surface area is 118 Å². The lowest BCUT2D eigenvalue weighted by molar-refractivity contribution is 0.118. The summed E-state index contributed by atoms with van der Waals surface area (Å²) in [6, 6.07) is 16.8. The molecule has 0 spiro atoms. The van der Waals surface area contributed by atoms with Gasteiger partial charge in [0.1, 0.15) is 11.2 Å². The molecule has 100 valence electrons. The average Bonchev–Trinajstić information content (AvgIpc) is 2.50. The van der Waals surface area contributed by atoms with E-state index in [1.54, 1.807) is 12.1 Å². The SMILES string of the molecule is Oc1ccc(C2(c3ccccc3)C#CCCC2O)cc1. The average molecular weight is 264 g/mol. The Morgan fingerprint density at radius 2 is 1.60 bits per heavy atom. The molecule has 2 aromatic rings. The minimum atomic E-state index is -0.701. The van der Waals surface area contributed by atoms with Crippen molar-refractivity contribution < 1.29 is 10.2 Å². The van der Waals surface area contributed by atoms with Gasteiger partial charge in [-0.1, -0.05) is 48.4 Å². The number of benzene rings is 2. The Morgan fingerprint density at radius 1 is 0.950 bits per heavy atom. The molecule has 0 fully saturated rings. The van der Waals surface area contributed by atoms with Crippen molar-refractivity contribution >= 4 is 0 Å². The normalized spacial score (nSPS) is 24.8. The van der Waals surface area contributed by atoms with Gasteiger partial charge in [0.15, 0.2) is 0 Å². The first-order chi connectivity index (χ1) is 9.73. The van der Waals surface area contributed by atoms with Crippen LogP contribution in [-0.4, -0.2) is 16.3 Å². The van der Waals surface area contributed by atoms with Crippen LogP contribution < -0.4 is 0 Å². The quantitative estimate of drug-likeness (QED) is 0.819. The van der Waals surface area contributed by atoms with Gasteiger partial charge in [-0.05, 0) is 29.7 Å². The summed E-state index contributed by atoms with van der Waals surface area (Å²) in [5.41, 5.74) is 1.21. The zero-order valence-electron chi connectivity index (χ0n) is 11.1. The molecule has 0 radical (unpaired) electrons. The van der Waals surface area contributed by atoms with Crippen molar-refractivity contribution in [3.63, 3.8) is 0 Å². The Hall–Kier alpha value is -2.24. The van der Waals surface area contributed by atoms with Gasteiger partial charge in [-0.15, -0.1) is 5.92 Å². The van der Waals surface area contributed by atoms with E-state index < -0.39 is 11.5 Å². The summed E-state index contributed by atoms with van der Waals surface area (Å²) in [5, 5.41) is 20.1. The number of phenolic OH excluding ortho intramolecular Hbond substituents is 1. The van der Waals surface area contributed by atoms with Crippen molar-refractivity contribution in [2.45, 2.75) is 24.4 Å². The molecule has 2 heteroatoms. The van der Waals surface area contributed by atoms with Crippen LogP contribution in [0.25, 0.3) is 0 Å². The largest absolute Gasteiger partial charge is 0.508 e. The van der Waals surface area contributed by atoms with Crippen LogP contribution in [0.4, 0.5) is 0 Å². The lowest BCUT2D eigenvalue weighted by atomic mass is 9.68. The number of hydrogen-bond acceptors (Lipinski definition) is 2. The van der Waals surface area contributed by atoms with Crippen LogP contribution in [0, 0.1) is 11.8 Å². The number of aliphatic hydroxyl groups excluding tert-OH is 1. The van der Waals surface area contributed by atoms with Crippen LogP contribution in [0.3, 0.4) is 0 Å². The fourth-order valence-corrected chi connectivity index (χ4v) is 2.83. The van der Waals surface area contributed by atoms with Crippen LogP contribution in [0.15, 0.2) is 54.6 Å². The Balaban J connectivity index is 2.22. The molecule has 0 bridgehead atoms. The van der Waals surface area contributed by atoms with Gasteiger partial charge < -0.3 is 10.2 Å². The molecule has 3 rings (SSSR count). The van der Waals surface area contributed by atoms with E-state index in [1.165, 1.54) is 0 Å².